The predicted octanol–water partition coefficient (Wildman–Crippen LogP) is 1.71. The van der Waals surface area contributed by atoms with E-state index >= 15 is 0 Å². The highest BCUT2D eigenvalue weighted by atomic mass is 32.2. The first-order valence-corrected chi connectivity index (χ1v) is 6.35. The summed E-state index contributed by atoms with van der Waals surface area (Å²) in [7, 11) is 0. The number of amides is 1. The van der Waals surface area contributed by atoms with Gasteiger partial charge in [0, 0.05) is 11.3 Å². The van der Waals surface area contributed by atoms with Gasteiger partial charge in [-0.25, -0.2) is 0 Å². The smallest absolute Gasteiger partial charge is 0.232 e. The highest BCUT2D eigenvalue weighted by Crippen LogP contribution is 2.42. The third kappa shape index (κ3) is 2.81. The predicted molar refractivity (Wildman–Crippen MR) is 61.6 cm³/mol. The first-order chi connectivity index (χ1) is 6.09. The number of hydrogen-bond acceptors (Lipinski definition) is 3. The average Bonchev–Trinajstić information content (AvgIpc) is 2.02. The van der Waals surface area contributed by atoms with Crippen LogP contribution in [0.1, 0.15) is 26.2 Å². The van der Waals surface area contributed by atoms with Gasteiger partial charge in [-0.05, 0) is 26.0 Å². The summed E-state index contributed by atoms with van der Waals surface area (Å²) in [5.41, 5.74) is 0. The largest absolute Gasteiger partial charge is 0.354 e. The fraction of sp³-hybridized carbons (Fsp3) is 0.889. The molecule has 0 aliphatic heterocycles. The topological polar surface area (TPSA) is 29.1 Å². The zero-order valence-corrected chi connectivity index (χ0v) is 9.88. The van der Waals surface area contributed by atoms with Crippen molar-refractivity contribution in [3.63, 3.8) is 0 Å². The maximum absolute atomic E-state index is 11.2. The van der Waals surface area contributed by atoms with E-state index < -0.39 is 0 Å². The number of nitrogens with one attached hydrogen (secondary N) is 1. The monoisotopic (exact) mass is 219 g/mol. The second-order valence-electron chi connectivity index (χ2n) is 3.63. The molecule has 1 unspecified atom stereocenters. The molecule has 1 rings (SSSR count). The van der Waals surface area contributed by atoms with E-state index in [0.29, 0.717) is 4.75 Å². The van der Waals surface area contributed by atoms with Crippen molar-refractivity contribution in [3.8, 4) is 0 Å². The standard InChI is InChI=1S/C9H17NOS2/c1-7(12)8(11)10-6-9(13-2)4-3-5-9/h7,12H,3-6H2,1-2H3,(H,10,11). The molecular formula is C9H17NOS2. The van der Waals surface area contributed by atoms with Crippen LogP contribution >= 0.6 is 24.4 Å². The van der Waals surface area contributed by atoms with Crippen LogP contribution in [0.15, 0.2) is 0 Å². The van der Waals surface area contributed by atoms with Gasteiger partial charge < -0.3 is 5.32 Å². The van der Waals surface area contributed by atoms with Gasteiger partial charge in [0.25, 0.3) is 0 Å². The first-order valence-electron chi connectivity index (χ1n) is 4.60. The van der Waals surface area contributed by atoms with E-state index in [1.165, 1.54) is 19.3 Å². The van der Waals surface area contributed by atoms with E-state index in [0.717, 1.165) is 6.54 Å². The summed E-state index contributed by atoms with van der Waals surface area (Å²) in [4.78, 5) is 11.2. The number of thioether (sulfide) groups is 1. The number of thiol groups is 1. The molecule has 4 heteroatoms. The van der Waals surface area contributed by atoms with Crippen LogP contribution < -0.4 is 5.32 Å². The zero-order chi connectivity index (χ0) is 9.90. The van der Waals surface area contributed by atoms with Gasteiger partial charge >= 0.3 is 0 Å². The third-order valence-electron chi connectivity index (χ3n) is 2.66. The summed E-state index contributed by atoms with van der Waals surface area (Å²) in [6.07, 6.45) is 5.88. The molecule has 2 nitrogen and oxygen atoms in total. The van der Waals surface area contributed by atoms with Crippen LogP contribution in [0, 0.1) is 0 Å². The van der Waals surface area contributed by atoms with Crippen molar-refractivity contribution in [2.24, 2.45) is 0 Å². The molecule has 1 saturated carbocycles. The quantitative estimate of drug-likeness (QED) is 0.705. The molecule has 1 aliphatic rings. The van der Waals surface area contributed by atoms with E-state index in [4.69, 9.17) is 0 Å². The highest BCUT2D eigenvalue weighted by Gasteiger charge is 2.36. The Balaban J connectivity index is 2.28. The second kappa shape index (κ2) is 4.60. The van der Waals surface area contributed by atoms with Gasteiger partial charge in [0.2, 0.25) is 5.91 Å². The minimum Gasteiger partial charge on any atom is -0.354 e. The Hall–Kier alpha value is 0.170. The number of carbonyl (C=O) groups excluding carboxylic acids is 1. The fourth-order valence-electron chi connectivity index (χ4n) is 1.42. The lowest BCUT2D eigenvalue weighted by Crippen LogP contribution is -2.46. The van der Waals surface area contributed by atoms with Crippen molar-refractivity contribution in [3.05, 3.63) is 0 Å². The summed E-state index contributed by atoms with van der Waals surface area (Å²) < 4.78 is 0.332. The molecule has 0 heterocycles. The second-order valence-corrected chi connectivity index (χ2v) is 5.68. The van der Waals surface area contributed by atoms with Crippen molar-refractivity contribution in [1.82, 2.24) is 5.32 Å². The molecular weight excluding hydrogens is 202 g/mol. The molecule has 0 aromatic heterocycles. The fourth-order valence-corrected chi connectivity index (χ4v) is 2.42. The van der Waals surface area contributed by atoms with Crippen molar-refractivity contribution < 1.29 is 4.79 Å². The van der Waals surface area contributed by atoms with Crippen LogP contribution in [0.5, 0.6) is 0 Å². The lowest BCUT2D eigenvalue weighted by molar-refractivity contribution is -0.120. The van der Waals surface area contributed by atoms with Crippen molar-refractivity contribution in [1.29, 1.82) is 0 Å². The molecule has 1 atom stereocenters. The molecule has 0 saturated heterocycles. The number of rotatable bonds is 4. The summed E-state index contributed by atoms with van der Waals surface area (Å²) >= 11 is 5.95. The Morgan fingerprint density at radius 3 is 2.62 bits per heavy atom. The molecule has 0 aromatic carbocycles. The molecule has 13 heavy (non-hydrogen) atoms. The van der Waals surface area contributed by atoms with Crippen molar-refractivity contribution >= 4 is 30.3 Å². The van der Waals surface area contributed by atoms with Crippen LogP contribution in [0.25, 0.3) is 0 Å². The lowest BCUT2D eigenvalue weighted by Gasteiger charge is -2.40. The molecule has 0 radical (unpaired) electrons. The van der Waals surface area contributed by atoms with Crippen LogP contribution in [-0.2, 0) is 4.79 Å². The molecule has 1 aliphatic carbocycles. The number of carbonyl (C=O) groups is 1. The Kier molecular flexibility index (Phi) is 3.98. The van der Waals surface area contributed by atoms with Gasteiger partial charge in [-0.2, -0.15) is 24.4 Å². The van der Waals surface area contributed by atoms with Crippen LogP contribution in [0.4, 0.5) is 0 Å². The molecule has 76 valence electrons. The number of hydrogen-bond donors (Lipinski definition) is 2. The molecule has 0 bridgehead atoms. The molecule has 1 fully saturated rings. The normalized spacial score (nSPS) is 21.8. The van der Waals surface area contributed by atoms with Gasteiger partial charge in [0.15, 0.2) is 0 Å². The average molecular weight is 219 g/mol. The van der Waals surface area contributed by atoms with Crippen LogP contribution in [0.2, 0.25) is 0 Å². The summed E-state index contributed by atoms with van der Waals surface area (Å²) in [6.45, 7) is 2.60. The summed E-state index contributed by atoms with van der Waals surface area (Å²) in [5.74, 6) is 0.0451. The van der Waals surface area contributed by atoms with Crippen molar-refractivity contribution in [2.45, 2.75) is 36.2 Å². The van der Waals surface area contributed by atoms with Crippen LogP contribution in [0.3, 0.4) is 0 Å². The summed E-state index contributed by atoms with van der Waals surface area (Å²) in [5, 5.41) is 2.74. The minimum absolute atomic E-state index is 0.0451. The van der Waals surface area contributed by atoms with E-state index in [9.17, 15) is 4.79 Å². The zero-order valence-electron chi connectivity index (χ0n) is 8.17. The Bertz CT molecular complexity index is 185. The molecule has 0 aromatic rings. The first kappa shape index (κ1) is 11.2. The Morgan fingerprint density at radius 2 is 2.31 bits per heavy atom. The van der Waals surface area contributed by atoms with E-state index in [2.05, 4.69) is 24.2 Å². The molecule has 1 amide bonds. The lowest BCUT2D eigenvalue weighted by atomic mass is 9.84. The summed E-state index contributed by atoms with van der Waals surface area (Å²) in [6, 6.07) is 0. The van der Waals surface area contributed by atoms with E-state index in [1.54, 1.807) is 6.92 Å². The Labute approximate surface area is 89.6 Å². The minimum atomic E-state index is -0.195. The van der Waals surface area contributed by atoms with E-state index in [-0.39, 0.29) is 11.2 Å². The SMILES string of the molecule is CSC1(CNC(=O)C(C)S)CCC1. The van der Waals surface area contributed by atoms with Gasteiger partial charge in [-0.3, -0.25) is 4.79 Å². The van der Waals surface area contributed by atoms with Crippen molar-refractivity contribution in [2.75, 3.05) is 12.8 Å². The maximum atomic E-state index is 11.2. The van der Waals surface area contributed by atoms with Gasteiger partial charge in [0.1, 0.15) is 0 Å². The van der Waals surface area contributed by atoms with Crippen LogP contribution in [-0.4, -0.2) is 28.7 Å². The van der Waals surface area contributed by atoms with Gasteiger partial charge in [-0.15, -0.1) is 0 Å². The van der Waals surface area contributed by atoms with E-state index in [1.807, 2.05) is 11.8 Å². The highest BCUT2D eigenvalue weighted by molar-refractivity contribution is 8.00. The Morgan fingerprint density at radius 1 is 1.69 bits per heavy atom. The maximum Gasteiger partial charge on any atom is 0.232 e. The third-order valence-corrected chi connectivity index (χ3v) is 4.32. The molecule has 1 N–H and O–H groups in total. The van der Waals surface area contributed by atoms with Gasteiger partial charge in [-0.1, -0.05) is 6.42 Å². The van der Waals surface area contributed by atoms with Gasteiger partial charge in [0.05, 0.1) is 5.25 Å². The molecule has 0 spiro atoms.